The van der Waals surface area contributed by atoms with Gasteiger partial charge in [-0.1, -0.05) is 84.8 Å². The van der Waals surface area contributed by atoms with Gasteiger partial charge in [-0.3, -0.25) is 9.59 Å². The summed E-state index contributed by atoms with van der Waals surface area (Å²) < 4.78 is 0. The Labute approximate surface area is 168 Å². The van der Waals surface area contributed by atoms with Gasteiger partial charge in [0.1, 0.15) is 5.78 Å². The van der Waals surface area contributed by atoms with E-state index in [0.29, 0.717) is 17.6 Å². The zero-order valence-corrected chi connectivity index (χ0v) is 18.3. The average molecular weight is 381 g/mol. The molecule has 27 heavy (non-hydrogen) atoms. The van der Waals surface area contributed by atoms with Crippen LogP contribution in [0.1, 0.15) is 111 Å². The molecule has 3 atom stereocenters. The van der Waals surface area contributed by atoms with Gasteiger partial charge in [0.2, 0.25) is 0 Å². The normalized spacial score (nSPS) is 22.1. The maximum Gasteiger partial charge on any atom is 0.303 e. The van der Waals surface area contributed by atoms with E-state index in [2.05, 4.69) is 39.8 Å². The lowest BCUT2D eigenvalue weighted by Crippen LogP contribution is -2.15. The van der Waals surface area contributed by atoms with Crippen molar-refractivity contribution >= 4 is 11.8 Å². The molecule has 0 spiro atoms. The van der Waals surface area contributed by atoms with Crippen LogP contribution in [-0.2, 0) is 9.59 Å². The Morgan fingerprint density at radius 2 is 1.67 bits per heavy atom. The molecule has 1 fully saturated rings. The third kappa shape index (κ3) is 12.8. The number of carboxylic acid groups (broad SMARTS) is 1. The molecule has 0 aliphatic heterocycles. The fraction of sp³-hybridized carbons (Fsp3) is 0.833. The predicted molar refractivity (Wildman–Crippen MR) is 115 cm³/mol. The third-order valence-corrected chi connectivity index (χ3v) is 5.30. The van der Waals surface area contributed by atoms with Gasteiger partial charge in [0.25, 0.3) is 0 Å². The van der Waals surface area contributed by atoms with Crippen LogP contribution < -0.4 is 0 Å². The number of hydrogen-bond donors (Lipinski definition) is 1. The Morgan fingerprint density at radius 1 is 1.04 bits per heavy atom. The molecule has 0 amide bonds. The van der Waals surface area contributed by atoms with E-state index >= 15 is 0 Å². The van der Waals surface area contributed by atoms with E-state index < -0.39 is 5.97 Å². The Morgan fingerprint density at radius 3 is 2.30 bits per heavy atom. The van der Waals surface area contributed by atoms with E-state index in [1.165, 1.54) is 32.1 Å². The number of Topliss-reactive ketones (excluding diaryl/α,β-unsaturated/α-hetero) is 1. The molecule has 1 aliphatic carbocycles. The maximum absolute atomic E-state index is 12.3. The number of carbonyl (C=O) groups excluding carboxylic acids is 1. The number of carboxylic acids is 1. The van der Waals surface area contributed by atoms with Crippen LogP contribution in [0.25, 0.3) is 0 Å². The fourth-order valence-electron chi connectivity index (χ4n) is 3.83. The van der Waals surface area contributed by atoms with Crippen LogP contribution in [0.5, 0.6) is 0 Å². The van der Waals surface area contributed by atoms with Gasteiger partial charge in [-0.25, -0.2) is 0 Å². The largest absolute Gasteiger partial charge is 0.481 e. The smallest absolute Gasteiger partial charge is 0.303 e. The van der Waals surface area contributed by atoms with Crippen LogP contribution in [-0.4, -0.2) is 16.9 Å². The van der Waals surface area contributed by atoms with Crippen LogP contribution in [0.15, 0.2) is 12.2 Å². The second-order valence-electron chi connectivity index (χ2n) is 8.16. The zero-order chi connectivity index (χ0) is 20.5. The molecule has 1 aliphatic rings. The molecule has 0 bridgehead atoms. The topological polar surface area (TPSA) is 54.4 Å². The van der Waals surface area contributed by atoms with Gasteiger partial charge < -0.3 is 5.11 Å². The molecule has 1 rings (SSSR count). The van der Waals surface area contributed by atoms with E-state index in [1.807, 2.05) is 0 Å². The SMILES string of the molecule is CCC.CCCCCC/C=C/[C@H]1[C@H](C)CC(=O)[C@@H]1CCCCCCC(=O)O. The lowest BCUT2D eigenvalue weighted by Gasteiger charge is -2.18. The summed E-state index contributed by atoms with van der Waals surface area (Å²) in [6, 6.07) is 0. The number of rotatable bonds is 13. The second kappa shape index (κ2) is 17.0. The van der Waals surface area contributed by atoms with E-state index in [9.17, 15) is 9.59 Å². The summed E-state index contributed by atoms with van der Waals surface area (Å²) in [5.74, 6) is 0.822. The molecule has 1 saturated carbocycles. The van der Waals surface area contributed by atoms with Crippen LogP contribution in [0.2, 0.25) is 0 Å². The quantitative estimate of drug-likeness (QED) is 0.271. The minimum Gasteiger partial charge on any atom is -0.481 e. The Balaban J connectivity index is 0.00000210. The summed E-state index contributed by atoms with van der Waals surface area (Å²) in [5.41, 5.74) is 0. The van der Waals surface area contributed by atoms with Crippen LogP contribution in [0, 0.1) is 17.8 Å². The molecule has 3 heteroatoms. The molecule has 0 aromatic rings. The Kier molecular flexibility index (Phi) is 16.3. The van der Waals surface area contributed by atoms with Gasteiger partial charge in [0.15, 0.2) is 0 Å². The molecule has 158 valence electrons. The second-order valence-corrected chi connectivity index (χ2v) is 8.16. The number of ketones is 1. The van der Waals surface area contributed by atoms with Crippen LogP contribution in [0.4, 0.5) is 0 Å². The van der Waals surface area contributed by atoms with Crippen molar-refractivity contribution in [2.45, 2.75) is 111 Å². The van der Waals surface area contributed by atoms with Gasteiger partial charge in [-0.05, 0) is 37.5 Å². The monoisotopic (exact) mass is 380 g/mol. The average Bonchev–Trinajstić information content (AvgIpc) is 2.88. The predicted octanol–water partition coefficient (Wildman–Crippen LogP) is 7.20. The van der Waals surface area contributed by atoms with Gasteiger partial charge in [0.05, 0.1) is 0 Å². The highest BCUT2D eigenvalue weighted by Crippen LogP contribution is 2.38. The summed E-state index contributed by atoms with van der Waals surface area (Å²) in [6.45, 7) is 8.69. The molecule has 0 heterocycles. The molecule has 0 radical (unpaired) electrons. The van der Waals surface area contributed by atoms with Crippen molar-refractivity contribution in [1.29, 1.82) is 0 Å². The van der Waals surface area contributed by atoms with Crippen LogP contribution in [0.3, 0.4) is 0 Å². The molecule has 3 nitrogen and oxygen atoms in total. The summed E-state index contributed by atoms with van der Waals surface area (Å²) in [4.78, 5) is 22.8. The molecule has 0 unspecified atom stereocenters. The Bertz CT molecular complexity index is 414. The number of hydrogen-bond acceptors (Lipinski definition) is 2. The van der Waals surface area contributed by atoms with Gasteiger partial charge in [0, 0.05) is 18.8 Å². The number of carbonyl (C=O) groups is 2. The van der Waals surface area contributed by atoms with Crippen molar-refractivity contribution in [2.75, 3.05) is 0 Å². The Hall–Kier alpha value is -1.12. The van der Waals surface area contributed by atoms with E-state index in [1.54, 1.807) is 0 Å². The first kappa shape index (κ1) is 25.9. The van der Waals surface area contributed by atoms with Crippen molar-refractivity contribution in [2.24, 2.45) is 17.8 Å². The van der Waals surface area contributed by atoms with Crippen molar-refractivity contribution in [3.05, 3.63) is 12.2 Å². The highest BCUT2D eigenvalue weighted by Gasteiger charge is 2.37. The molecular weight excluding hydrogens is 336 g/mol. The molecule has 1 N–H and O–H groups in total. The first-order chi connectivity index (χ1) is 13.0. The summed E-state index contributed by atoms with van der Waals surface area (Å²) in [6.07, 6.45) is 17.9. The number of unbranched alkanes of at least 4 members (excludes halogenated alkanes) is 7. The number of aliphatic carboxylic acids is 1. The van der Waals surface area contributed by atoms with E-state index in [4.69, 9.17) is 5.11 Å². The zero-order valence-electron chi connectivity index (χ0n) is 18.3. The highest BCUT2D eigenvalue weighted by molar-refractivity contribution is 5.84. The van der Waals surface area contributed by atoms with Crippen molar-refractivity contribution in [1.82, 2.24) is 0 Å². The van der Waals surface area contributed by atoms with Crippen molar-refractivity contribution in [3.8, 4) is 0 Å². The van der Waals surface area contributed by atoms with E-state index in [0.717, 1.165) is 44.9 Å². The fourth-order valence-corrected chi connectivity index (χ4v) is 3.83. The number of allylic oxidation sites excluding steroid dienone is 2. The summed E-state index contributed by atoms with van der Waals surface area (Å²) >= 11 is 0. The first-order valence-electron chi connectivity index (χ1n) is 11.4. The summed E-state index contributed by atoms with van der Waals surface area (Å²) in [5, 5.41) is 8.64. The summed E-state index contributed by atoms with van der Waals surface area (Å²) in [7, 11) is 0. The van der Waals surface area contributed by atoms with Gasteiger partial charge in [-0.15, -0.1) is 0 Å². The molecule has 0 saturated heterocycles. The van der Waals surface area contributed by atoms with Crippen molar-refractivity contribution < 1.29 is 14.7 Å². The lowest BCUT2D eigenvalue weighted by molar-refractivity contribution is -0.137. The minimum atomic E-state index is -0.709. The molecule has 0 aromatic heterocycles. The van der Waals surface area contributed by atoms with Crippen molar-refractivity contribution in [3.63, 3.8) is 0 Å². The maximum atomic E-state index is 12.3. The lowest BCUT2D eigenvalue weighted by atomic mass is 9.86. The third-order valence-electron chi connectivity index (χ3n) is 5.30. The standard InChI is InChI=1S/C21H36O3.C3H8/c1-3-4-5-6-7-10-13-18-17(2)16-20(22)19(18)14-11-8-9-12-15-21(23)24;1-3-2/h10,13,17-19H,3-9,11-12,14-16H2,1-2H3,(H,23,24);3H2,1-2H3/b13-10+;/t17-,18+,19-;/m1./s1. The van der Waals surface area contributed by atoms with Gasteiger partial charge >= 0.3 is 5.97 Å². The minimum absolute atomic E-state index is 0.200. The molecule has 0 aromatic carbocycles. The molecular formula is C24H44O3. The van der Waals surface area contributed by atoms with E-state index in [-0.39, 0.29) is 12.3 Å². The van der Waals surface area contributed by atoms with Crippen LogP contribution >= 0.6 is 0 Å². The first-order valence-corrected chi connectivity index (χ1v) is 11.4. The highest BCUT2D eigenvalue weighted by atomic mass is 16.4. The van der Waals surface area contributed by atoms with Gasteiger partial charge in [-0.2, -0.15) is 0 Å².